The summed E-state index contributed by atoms with van der Waals surface area (Å²) in [5.74, 6) is 1.16. The van der Waals surface area contributed by atoms with Crippen molar-refractivity contribution >= 4 is 11.4 Å². The van der Waals surface area contributed by atoms with Crippen LogP contribution in [0.2, 0.25) is 0 Å². The first-order chi connectivity index (χ1) is 8.03. The maximum atomic E-state index is 11.8. The van der Waals surface area contributed by atoms with Crippen molar-refractivity contribution in [2.24, 2.45) is 17.3 Å². The molecular weight excluding hydrogens is 208 g/mol. The van der Waals surface area contributed by atoms with Crippen molar-refractivity contribution < 1.29 is 4.79 Å². The van der Waals surface area contributed by atoms with Crippen molar-refractivity contribution in [3.8, 4) is 0 Å². The maximum absolute atomic E-state index is 11.8. The third-order valence-corrected chi connectivity index (χ3v) is 4.77. The fourth-order valence-corrected chi connectivity index (χ4v) is 3.61. The molecule has 0 aromatic heterocycles. The maximum Gasteiger partial charge on any atom is 0.138 e. The summed E-state index contributed by atoms with van der Waals surface area (Å²) >= 11 is 0. The number of fused-ring (bicyclic) bond motifs is 1. The number of carbonyl (C=O) groups excluding carboxylic acids is 1. The van der Waals surface area contributed by atoms with E-state index in [9.17, 15) is 4.79 Å². The third-order valence-electron chi connectivity index (χ3n) is 4.77. The first-order valence-electron chi connectivity index (χ1n) is 6.33. The molecule has 0 heterocycles. The van der Waals surface area contributed by atoms with E-state index < -0.39 is 0 Å². The molecule has 0 spiro atoms. The summed E-state index contributed by atoms with van der Waals surface area (Å²) in [6.07, 6.45) is 0.746. The molecule has 0 bridgehead atoms. The molecule has 0 amide bonds. The highest BCUT2D eigenvalue weighted by atomic mass is 16.1. The molecule has 1 aromatic rings. The fraction of sp³-hybridized carbons (Fsp3) is 0.438. The molecule has 88 valence electrons. The molecule has 0 saturated heterocycles. The Morgan fingerprint density at radius 3 is 2.35 bits per heavy atom. The van der Waals surface area contributed by atoms with Crippen LogP contribution in [0.3, 0.4) is 0 Å². The van der Waals surface area contributed by atoms with Gasteiger partial charge in [0.15, 0.2) is 0 Å². The number of hydrogen-bond acceptors (Lipinski definition) is 1. The van der Waals surface area contributed by atoms with Crippen LogP contribution in [0.5, 0.6) is 0 Å². The van der Waals surface area contributed by atoms with E-state index in [2.05, 4.69) is 45.0 Å². The van der Waals surface area contributed by atoms with Crippen molar-refractivity contribution in [3.63, 3.8) is 0 Å². The van der Waals surface area contributed by atoms with E-state index >= 15 is 0 Å². The second kappa shape index (κ2) is 3.32. The average Bonchev–Trinajstić information content (AvgIpc) is 2.43. The lowest BCUT2D eigenvalue weighted by atomic mass is 9.62. The fourth-order valence-electron chi connectivity index (χ4n) is 3.61. The van der Waals surface area contributed by atoms with Crippen molar-refractivity contribution in [1.82, 2.24) is 0 Å². The Kier molecular flexibility index (Phi) is 2.10. The van der Waals surface area contributed by atoms with E-state index in [0.717, 1.165) is 6.42 Å². The van der Waals surface area contributed by atoms with Crippen LogP contribution in [-0.4, -0.2) is 5.78 Å². The van der Waals surface area contributed by atoms with E-state index in [0.29, 0.717) is 11.7 Å². The molecule has 1 heteroatoms. The van der Waals surface area contributed by atoms with Gasteiger partial charge < -0.3 is 0 Å². The first kappa shape index (κ1) is 10.8. The number of allylic oxidation sites excluding steroid dienone is 2. The van der Waals surface area contributed by atoms with Crippen molar-refractivity contribution in [3.05, 3.63) is 41.5 Å². The van der Waals surface area contributed by atoms with E-state index in [4.69, 9.17) is 0 Å². The minimum absolute atomic E-state index is 0.0468. The van der Waals surface area contributed by atoms with Crippen LogP contribution in [0.4, 0.5) is 0 Å². The van der Waals surface area contributed by atoms with Gasteiger partial charge in [-0.2, -0.15) is 0 Å². The predicted molar refractivity (Wildman–Crippen MR) is 69.4 cm³/mol. The monoisotopic (exact) mass is 226 g/mol. The summed E-state index contributed by atoms with van der Waals surface area (Å²) in [6, 6.07) is 10.5. The Hall–Kier alpha value is -1.37. The van der Waals surface area contributed by atoms with Gasteiger partial charge in [0.25, 0.3) is 0 Å². The van der Waals surface area contributed by atoms with E-state index in [1.165, 1.54) is 16.7 Å². The second-order valence-electron chi connectivity index (χ2n) is 5.88. The standard InChI is InChI=1S/C16H18O/c1-10-14(11-7-5-4-6-8-11)12-9-13(17)15(12)16(10,2)3/h4-8,12,15H,9H2,1-3H3/t12-,15+/m1/s1. The van der Waals surface area contributed by atoms with Gasteiger partial charge in [0.2, 0.25) is 0 Å². The Morgan fingerprint density at radius 1 is 1.18 bits per heavy atom. The van der Waals surface area contributed by atoms with Crippen LogP contribution in [0.15, 0.2) is 35.9 Å². The van der Waals surface area contributed by atoms with Crippen molar-refractivity contribution in [2.75, 3.05) is 0 Å². The number of hydrogen-bond donors (Lipinski definition) is 0. The average molecular weight is 226 g/mol. The number of benzene rings is 1. The minimum Gasteiger partial charge on any atom is -0.299 e. The molecule has 0 radical (unpaired) electrons. The molecule has 1 saturated carbocycles. The number of ketones is 1. The third kappa shape index (κ3) is 1.28. The topological polar surface area (TPSA) is 17.1 Å². The Labute approximate surface area is 103 Å². The zero-order valence-electron chi connectivity index (χ0n) is 10.7. The molecule has 2 atom stereocenters. The molecule has 1 fully saturated rings. The van der Waals surface area contributed by atoms with Gasteiger partial charge in [-0.25, -0.2) is 0 Å². The van der Waals surface area contributed by atoms with E-state index in [-0.39, 0.29) is 11.3 Å². The summed E-state index contributed by atoms with van der Waals surface area (Å²) in [7, 11) is 0. The summed E-state index contributed by atoms with van der Waals surface area (Å²) in [6.45, 7) is 6.63. The SMILES string of the molecule is CC1=C(c2ccccc2)[C@H]2CC(=O)[C@H]2C1(C)C. The molecule has 1 nitrogen and oxygen atoms in total. The van der Waals surface area contributed by atoms with Gasteiger partial charge >= 0.3 is 0 Å². The Morgan fingerprint density at radius 2 is 1.82 bits per heavy atom. The molecule has 0 aliphatic heterocycles. The Bertz CT molecular complexity index is 508. The smallest absolute Gasteiger partial charge is 0.138 e. The van der Waals surface area contributed by atoms with Gasteiger partial charge in [0.05, 0.1) is 0 Å². The molecule has 2 aliphatic carbocycles. The second-order valence-corrected chi connectivity index (χ2v) is 5.88. The summed E-state index contributed by atoms with van der Waals surface area (Å²) < 4.78 is 0. The van der Waals surface area contributed by atoms with Gasteiger partial charge in [0, 0.05) is 18.3 Å². The number of rotatable bonds is 1. The highest BCUT2D eigenvalue weighted by Gasteiger charge is 2.56. The van der Waals surface area contributed by atoms with Crippen LogP contribution >= 0.6 is 0 Å². The van der Waals surface area contributed by atoms with E-state index in [1.54, 1.807) is 0 Å². The van der Waals surface area contributed by atoms with Gasteiger partial charge in [-0.3, -0.25) is 4.79 Å². The molecule has 0 N–H and O–H groups in total. The van der Waals surface area contributed by atoms with Crippen LogP contribution in [0.25, 0.3) is 5.57 Å². The predicted octanol–water partition coefficient (Wildman–Crippen LogP) is 3.71. The van der Waals surface area contributed by atoms with Crippen LogP contribution < -0.4 is 0 Å². The van der Waals surface area contributed by atoms with E-state index in [1.807, 2.05) is 6.07 Å². The van der Waals surface area contributed by atoms with Gasteiger partial charge in [-0.15, -0.1) is 0 Å². The molecular formula is C16H18O. The lowest BCUT2D eigenvalue weighted by Crippen LogP contribution is -2.42. The van der Waals surface area contributed by atoms with Gasteiger partial charge in [-0.05, 0) is 23.5 Å². The molecule has 1 aromatic carbocycles. The molecule has 3 rings (SSSR count). The number of carbonyl (C=O) groups is 1. The lowest BCUT2D eigenvalue weighted by molar-refractivity contribution is -0.135. The molecule has 0 unspecified atom stereocenters. The van der Waals surface area contributed by atoms with Crippen LogP contribution in [-0.2, 0) is 4.79 Å². The normalized spacial score (nSPS) is 30.2. The highest BCUT2D eigenvalue weighted by Crippen LogP contribution is 2.60. The summed E-state index contributed by atoms with van der Waals surface area (Å²) in [4.78, 5) is 11.8. The largest absolute Gasteiger partial charge is 0.299 e. The van der Waals surface area contributed by atoms with Gasteiger partial charge in [0.1, 0.15) is 5.78 Å². The zero-order valence-corrected chi connectivity index (χ0v) is 10.7. The van der Waals surface area contributed by atoms with Gasteiger partial charge in [-0.1, -0.05) is 49.8 Å². The quantitative estimate of drug-likeness (QED) is 0.713. The number of Topliss-reactive ketones (excluding diaryl/α,β-unsaturated/α-hetero) is 1. The van der Waals surface area contributed by atoms with Crippen molar-refractivity contribution in [1.29, 1.82) is 0 Å². The zero-order chi connectivity index (χ0) is 12.2. The Balaban J connectivity index is 2.12. The molecule has 17 heavy (non-hydrogen) atoms. The summed E-state index contributed by atoms with van der Waals surface area (Å²) in [5.41, 5.74) is 4.19. The highest BCUT2D eigenvalue weighted by molar-refractivity contribution is 5.97. The lowest BCUT2D eigenvalue weighted by Gasteiger charge is -2.39. The first-order valence-corrected chi connectivity index (χ1v) is 6.33. The minimum atomic E-state index is 0.0468. The van der Waals surface area contributed by atoms with Crippen LogP contribution in [0.1, 0.15) is 32.8 Å². The molecule has 2 aliphatic rings. The van der Waals surface area contributed by atoms with Crippen molar-refractivity contribution in [2.45, 2.75) is 27.2 Å². The van der Waals surface area contributed by atoms with Crippen LogP contribution in [0, 0.1) is 17.3 Å². The summed E-state index contributed by atoms with van der Waals surface area (Å²) in [5, 5.41) is 0.